The summed E-state index contributed by atoms with van der Waals surface area (Å²) >= 11 is 0. The molecule has 1 aliphatic carbocycles. The molecule has 0 bridgehead atoms. The zero-order chi connectivity index (χ0) is 33.2. The van der Waals surface area contributed by atoms with Gasteiger partial charge in [0.05, 0.1) is 0 Å². The van der Waals surface area contributed by atoms with Crippen LogP contribution >= 0.6 is 0 Å². The molecular formula is C49H38. The van der Waals surface area contributed by atoms with Crippen molar-refractivity contribution in [2.45, 2.75) is 45.4 Å². The van der Waals surface area contributed by atoms with E-state index in [1.807, 2.05) is 0 Å². The van der Waals surface area contributed by atoms with E-state index in [2.05, 4.69) is 174 Å². The van der Waals surface area contributed by atoms with Gasteiger partial charge in [0.2, 0.25) is 0 Å². The standard InChI is InChI=1S/C49H38/c1-48(2,3)37-26-35-13-10-29-14-19-40(43-23-18-36(27-37)46(35)47(29)43)34-17-21-39-33(25-34)12-11-32-24-30(15-20-38(32)39)31-16-22-42-41-8-6-7-9-44(41)49(4,5)45(42)28-31/h6-28H,1-5H3. The topological polar surface area (TPSA) is 0 Å². The van der Waals surface area contributed by atoms with Crippen molar-refractivity contribution in [3.8, 4) is 33.4 Å². The van der Waals surface area contributed by atoms with E-state index in [0.29, 0.717) is 0 Å². The van der Waals surface area contributed by atoms with Crippen LogP contribution in [-0.2, 0) is 10.8 Å². The van der Waals surface area contributed by atoms with Gasteiger partial charge in [0.15, 0.2) is 0 Å². The van der Waals surface area contributed by atoms with E-state index < -0.39 is 0 Å². The maximum absolute atomic E-state index is 2.42. The van der Waals surface area contributed by atoms with Crippen molar-refractivity contribution in [3.63, 3.8) is 0 Å². The van der Waals surface area contributed by atoms with Crippen molar-refractivity contribution in [3.05, 3.63) is 156 Å². The van der Waals surface area contributed by atoms with E-state index >= 15 is 0 Å². The van der Waals surface area contributed by atoms with Gasteiger partial charge in [-0.05, 0) is 128 Å². The summed E-state index contributed by atoms with van der Waals surface area (Å²) in [5, 5.41) is 13.2. The molecule has 49 heavy (non-hydrogen) atoms. The highest BCUT2D eigenvalue weighted by molar-refractivity contribution is 6.26. The number of rotatable bonds is 2. The average molecular weight is 627 g/mol. The molecule has 0 aliphatic heterocycles. The second kappa shape index (κ2) is 9.80. The predicted octanol–water partition coefficient (Wildman–Crippen LogP) is 13.8. The van der Waals surface area contributed by atoms with Crippen LogP contribution in [0.2, 0.25) is 0 Å². The molecule has 0 nitrogen and oxygen atoms in total. The lowest BCUT2D eigenvalue weighted by molar-refractivity contribution is 0.591. The summed E-state index contributed by atoms with van der Waals surface area (Å²) in [4.78, 5) is 0. The summed E-state index contributed by atoms with van der Waals surface area (Å²) in [7, 11) is 0. The molecule has 0 unspecified atom stereocenters. The van der Waals surface area contributed by atoms with Crippen LogP contribution in [0.1, 0.15) is 51.3 Å². The molecule has 10 rings (SSSR count). The Kier molecular flexibility index (Phi) is 5.71. The lowest BCUT2D eigenvalue weighted by Crippen LogP contribution is -2.14. The molecule has 0 atom stereocenters. The largest absolute Gasteiger partial charge is 0.0619 e. The van der Waals surface area contributed by atoms with E-state index in [4.69, 9.17) is 0 Å². The second-order valence-corrected chi connectivity index (χ2v) is 15.8. The molecule has 0 fully saturated rings. The Bertz CT molecular complexity index is 2800. The van der Waals surface area contributed by atoms with Crippen molar-refractivity contribution >= 4 is 53.9 Å². The number of hydrogen-bond acceptors (Lipinski definition) is 0. The van der Waals surface area contributed by atoms with Crippen LogP contribution in [-0.4, -0.2) is 0 Å². The van der Waals surface area contributed by atoms with Gasteiger partial charge in [0.1, 0.15) is 0 Å². The molecule has 0 saturated carbocycles. The highest BCUT2D eigenvalue weighted by Gasteiger charge is 2.35. The first-order valence-corrected chi connectivity index (χ1v) is 17.6. The summed E-state index contributed by atoms with van der Waals surface area (Å²) in [6.07, 6.45) is 0. The van der Waals surface area contributed by atoms with Gasteiger partial charge in [-0.15, -0.1) is 0 Å². The van der Waals surface area contributed by atoms with Crippen LogP contribution in [0.15, 0.2) is 140 Å². The average Bonchev–Trinajstić information content (AvgIpc) is 3.35. The molecule has 0 amide bonds. The number of fused-ring (bicyclic) bond motifs is 6. The lowest BCUT2D eigenvalue weighted by Gasteiger charge is -2.22. The third-order valence-corrected chi connectivity index (χ3v) is 11.5. The summed E-state index contributed by atoms with van der Waals surface area (Å²) in [6.45, 7) is 11.6. The maximum atomic E-state index is 2.42. The van der Waals surface area contributed by atoms with Crippen molar-refractivity contribution in [1.82, 2.24) is 0 Å². The third-order valence-electron chi connectivity index (χ3n) is 11.5. The minimum absolute atomic E-state index is 0.00279. The predicted molar refractivity (Wildman–Crippen MR) is 212 cm³/mol. The lowest BCUT2D eigenvalue weighted by atomic mass is 9.81. The van der Waals surface area contributed by atoms with Crippen LogP contribution in [0.5, 0.6) is 0 Å². The Morgan fingerprint density at radius 3 is 1.67 bits per heavy atom. The zero-order valence-electron chi connectivity index (χ0n) is 28.8. The highest BCUT2D eigenvalue weighted by Crippen LogP contribution is 2.50. The van der Waals surface area contributed by atoms with Gasteiger partial charge in [0.25, 0.3) is 0 Å². The molecule has 0 heteroatoms. The molecule has 0 spiro atoms. The molecule has 0 radical (unpaired) electrons. The SMILES string of the molecule is CC(C)(C)c1cc2ccc3ccc(-c4ccc5c(ccc6cc(-c7ccc8c(c7)C(C)(C)c7ccccc7-8)ccc65)c4)c4ccc(c1)c2c34. The first kappa shape index (κ1) is 28.5. The van der Waals surface area contributed by atoms with E-state index in [1.54, 1.807) is 0 Å². The summed E-state index contributed by atoms with van der Waals surface area (Å²) in [5.74, 6) is 0. The van der Waals surface area contributed by atoms with Crippen molar-refractivity contribution in [1.29, 1.82) is 0 Å². The molecule has 9 aromatic rings. The van der Waals surface area contributed by atoms with Gasteiger partial charge in [0, 0.05) is 5.41 Å². The molecule has 234 valence electrons. The minimum atomic E-state index is -0.00279. The summed E-state index contributed by atoms with van der Waals surface area (Å²) in [6, 6.07) is 53.2. The molecule has 0 aromatic heterocycles. The third kappa shape index (κ3) is 4.10. The molecule has 1 aliphatic rings. The molecular weight excluding hydrogens is 589 g/mol. The van der Waals surface area contributed by atoms with Gasteiger partial charge in [-0.2, -0.15) is 0 Å². The van der Waals surface area contributed by atoms with Crippen molar-refractivity contribution in [2.75, 3.05) is 0 Å². The van der Waals surface area contributed by atoms with E-state index in [-0.39, 0.29) is 10.8 Å². The summed E-state index contributed by atoms with van der Waals surface area (Å²) in [5.41, 5.74) is 12.2. The quantitative estimate of drug-likeness (QED) is 0.168. The van der Waals surface area contributed by atoms with Crippen LogP contribution in [0.3, 0.4) is 0 Å². The first-order chi connectivity index (χ1) is 23.6. The molecule has 0 saturated heterocycles. The molecule has 9 aromatic carbocycles. The first-order valence-electron chi connectivity index (χ1n) is 17.6. The molecule has 0 heterocycles. The van der Waals surface area contributed by atoms with Gasteiger partial charge >= 0.3 is 0 Å². The van der Waals surface area contributed by atoms with Crippen LogP contribution in [0, 0.1) is 0 Å². The van der Waals surface area contributed by atoms with E-state index in [1.165, 1.54) is 104 Å². The Balaban J connectivity index is 1.06. The monoisotopic (exact) mass is 626 g/mol. The number of benzene rings is 9. The fraction of sp³-hybridized carbons (Fsp3) is 0.143. The molecule has 0 N–H and O–H groups in total. The maximum Gasteiger partial charge on any atom is 0.0159 e. The van der Waals surface area contributed by atoms with E-state index in [9.17, 15) is 0 Å². The fourth-order valence-electron chi connectivity index (χ4n) is 8.81. The van der Waals surface area contributed by atoms with Crippen LogP contribution in [0.25, 0.3) is 87.2 Å². The smallest absolute Gasteiger partial charge is 0.0159 e. The van der Waals surface area contributed by atoms with Gasteiger partial charge in [-0.25, -0.2) is 0 Å². The minimum Gasteiger partial charge on any atom is -0.0619 e. The Labute approximate surface area is 288 Å². The van der Waals surface area contributed by atoms with Crippen molar-refractivity contribution < 1.29 is 0 Å². The Morgan fingerprint density at radius 2 is 0.918 bits per heavy atom. The van der Waals surface area contributed by atoms with Crippen molar-refractivity contribution in [2.24, 2.45) is 0 Å². The van der Waals surface area contributed by atoms with Gasteiger partial charge < -0.3 is 0 Å². The van der Waals surface area contributed by atoms with Gasteiger partial charge in [-0.1, -0.05) is 156 Å². The Morgan fingerprint density at radius 1 is 0.388 bits per heavy atom. The fourth-order valence-corrected chi connectivity index (χ4v) is 8.81. The highest BCUT2D eigenvalue weighted by atomic mass is 14.4. The van der Waals surface area contributed by atoms with Gasteiger partial charge in [-0.3, -0.25) is 0 Å². The zero-order valence-corrected chi connectivity index (χ0v) is 28.8. The second-order valence-electron chi connectivity index (χ2n) is 15.8. The summed E-state index contributed by atoms with van der Waals surface area (Å²) < 4.78 is 0. The normalized spacial score (nSPS) is 14.0. The number of hydrogen-bond donors (Lipinski definition) is 0. The van der Waals surface area contributed by atoms with Crippen LogP contribution < -0.4 is 0 Å². The Hall–Kier alpha value is -5.46. The van der Waals surface area contributed by atoms with E-state index in [0.717, 1.165) is 0 Å². The van der Waals surface area contributed by atoms with Crippen LogP contribution in [0.4, 0.5) is 0 Å².